The van der Waals surface area contributed by atoms with Crippen LogP contribution in [0.25, 0.3) is 0 Å². The van der Waals surface area contributed by atoms with Gasteiger partial charge in [-0.3, -0.25) is 4.79 Å². The number of ether oxygens (including phenoxy) is 2. The van der Waals surface area contributed by atoms with Crippen molar-refractivity contribution < 1.29 is 36.3 Å². The Kier molecular flexibility index (Phi) is 7.39. The molecule has 0 aliphatic carbocycles. The summed E-state index contributed by atoms with van der Waals surface area (Å²) in [4.78, 5) is 29.3. The average molecular weight is 544 g/mol. The van der Waals surface area contributed by atoms with Crippen LogP contribution < -0.4 is 4.74 Å². The smallest absolute Gasteiger partial charge is 0.339 e. The Hall–Kier alpha value is -3.85. The Bertz CT molecular complexity index is 1440. The molecule has 1 fully saturated rings. The quantitative estimate of drug-likeness (QED) is 0.301. The van der Waals surface area contributed by atoms with E-state index in [0.29, 0.717) is 23.4 Å². The summed E-state index contributed by atoms with van der Waals surface area (Å²) in [6, 6.07) is 16.2. The Morgan fingerprint density at radius 1 is 1.05 bits per heavy atom. The number of benzene rings is 3. The number of rotatable bonds is 8. The van der Waals surface area contributed by atoms with Crippen LogP contribution in [-0.4, -0.2) is 62.4 Å². The maximum atomic E-state index is 14.3. The molecule has 3 aromatic rings. The minimum Gasteiger partial charge on any atom is -0.497 e. The largest absolute Gasteiger partial charge is 0.497 e. The van der Waals surface area contributed by atoms with Crippen molar-refractivity contribution in [1.82, 2.24) is 9.80 Å². The molecule has 0 spiro atoms. The zero-order valence-corrected chi connectivity index (χ0v) is 21.6. The number of halogens is 3. The zero-order valence-electron chi connectivity index (χ0n) is 24.6. The summed E-state index contributed by atoms with van der Waals surface area (Å²) < 4.78 is 77.0. The summed E-state index contributed by atoms with van der Waals surface area (Å²) in [5, 5.41) is 0. The van der Waals surface area contributed by atoms with Crippen molar-refractivity contribution in [3.63, 3.8) is 0 Å². The maximum Gasteiger partial charge on any atom is 0.339 e. The molecule has 9 heteroatoms. The first-order valence-corrected chi connectivity index (χ1v) is 12.4. The third kappa shape index (κ3) is 6.25. The van der Waals surface area contributed by atoms with E-state index in [-0.39, 0.29) is 37.2 Å². The number of hydrogen-bond acceptors (Lipinski definition) is 5. The van der Waals surface area contributed by atoms with Crippen LogP contribution in [0.1, 0.15) is 32.0 Å². The molecule has 0 radical (unpaired) electrons. The fraction of sp³-hybridized carbons (Fsp3) is 0.333. The van der Waals surface area contributed by atoms with Crippen LogP contribution in [0.15, 0.2) is 66.7 Å². The van der Waals surface area contributed by atoms with Crippen molar-refractivity contribution in [2.75, 3.05) is 40.8 Å². The van der Waals surface area contributed by atoms with E-state index in [4.69, 9.17) is 13.6 Å². The number of esters is 1. The highest BCUT2D eigenvalue weighted by molar-refractivity contribution is 5.89. The first kappa shape index (κ1) is 24.2. The minimum absolute atomic E-state index is 0.0530. The molecule has 0 saturated carbocycles. The zero-order chi connectivity index (χ0) is 30.7. The lowest BCUT2D eigenvalue weighted by Crippen LogP contribution is -2.56. The number of carbonyl (C=O) groups is 2. The molecule has 0 aromatic heterocycles. The van der Waals surface area contributed by atoms with Crippen molar-refractivity contribution in [2.45, 2.75) is 18.4 Å². The molecule has 2 unspecified atom stereocenters. The van der Waals surface area contributed by atoms with Crippen molar-refractivity contribution in [2.24, 2.45) is 5.92 Å². The molecule has 39 heavy (non-hydrogen) atoms. The van der Waals surface area contributed by atoms with Crippen LogP contribution in [0.5, 0.6) is 5.75 Å². The molecular weight excluding hydrogens is 509 g/mol. The van der Waals surface area contributed by atoms with Crippen molar-refractivity contribution >= 4 is 11.9 Å². The van der Waals surface area contributed by atoms with Crippen LogP contribution >= 0.6 is 0 Å². The highest BCUT2D eigenvalue weighted by Gasteiger charge is 2.49. The Balaban J connectivity index is 1.74. The normalized spacial score (nSPS) is 20.6. The Labute approximate surface area is 230 Å². The van der Waals surface area contributed by atoms with E-state index in [9.17, 15) is 22.8 Å². The second-order valence-electron chi connectivity index (χ2n) is 9.58. The van der Waals surface area contributed by atoms with Gasteiger partial charge in [0.05, 0.1) is 19.1 Å². The first-order valence-electron chi connectivity index (χ1n) is 13.9. The SMILES string of the molecule is [2H]C([2H])([2H])N(C)CC1CN(C(=O)Cc2cc(F)c(F)cc2F)CCC1(OC(=O)c1ccccc1)c1cccc(OC)c1. The van der Waals surface area contributed by atoms with Gasteiger partial charge in [-0.2, -0.15) is 0 Å². The molecule has 0 bridgehead atoms. The van der Waals surface area contributed by atoms with Crippen molar-refractivity contribution in [3.8, 4) is 5.75 Å². The minimum atomic E-state index is -2.50. The van der Waals surface area contributed by atoms with Crippen LogP contribution in [0, 0.1) is 23.4 Å². The molecule has 206 valence electrons. The van der Waals surface area contributed by atoms with Gasteiger partial charge >= 0.3 is 5.97 Å². The molecule has 1 saturated heterocycles. The average Bonchev–Trinajstić information content (AvgIpc) is 2.96. The number of methoxy groups -OCH3 is 1. The predicted octanol–water partition coefficient (Wildman–Crippen LogP) is 4.82. The van der Waals surface area contributed by atoms with E-state index < -0.39 is 54.2 Å². The number of amides is 1. The molecule has 0 N–H and O–H groups in total. The summed E-state index contributed by atoms with van der Waals surface area (Å²) in [7, 11) is 2.89. The first-order chi connectivity index (χ1) is 19.8. The summed E-state index contributed by atoms with van der Waals surface area (Å²) in [6.07, 6.45) is -0.467. The second-order valence-corrected chi connectivity index (χ2v) is 9.58. The molecular formula is C30H31F3N2O4. The van der Waals surface area contributed by atoms with Crippen LogP contribution in [0.2, 0.25) is 0 Å². The lowest BCUT2D eigenvalue weighted by Gasteiger charge is -2.48. The van der Waals surface area contributed by atoms with E-state index in [1.165, 1.54) is 19.1 Å². The second kappa shape index (κ2) is 11.9. The predicted molar refractivity (Wildman–Crippen MR) is 140 cm³/mol. The summed E-state index contributed by atoms with van der Waals surface area (Å²) in [5.74, 6) is -5.19. The van der Waals surface area contributed by atoms with E-state index in [2.05, 4.69) is 0 Å². The van der Waals surface area contributed by atoms with E-state index in [1.54, 1.807) is 54.6 Å². The number of nitrogens with zero attached hydrogens (tertiary/aromatic N) is 2. The highest BCUT2D eigenvalue weighted by Crippen LogP contribution is 2.43. The highest BCUT2D eigenvalue weighted by atomic mass is 19.2. The molecule has 1 aliphatic rings. The van der Waals surface area contributed by atoms with E-state index >= 15 is 0 Å². The van der Waals surface area contributed by atoms with Crippen molar-refractivity contribution in [1.29, 1.82) is 0 Å². The Morgan fingerprint density at radius 3 is 2.51 bits per heavy atom. The van der Waals surface area contributed by atoms with Gasteiger partial charge in [-0.05, 0) is 49.9 Å². The number of hydrogen-bond donors (Lipinski definition) is 0. The lowest BCUT2D eigenvalue weighted by atomic mass is 9.75. The van der Waals surface area contributed by atoms with Gasteiger partial charge in [0.15, 0.2) is 11.6 Å². The van der Waals surface area contributed by atoms with E-state index in [1.807, 2.05) is 0 Å². The van der Waals surface area contributed by atoms with Gasteiger partial charge in [0.25, 0.3) is 0 Å². The van der Waals surface area contributed by atoms with Gasteiger partial charge in [0.2, 0.25) is 5.91 Å². The van der Waals surface area contributed by atoms with Gasteiger partial charge in [0, 0.05) is 47.7 Å². The third-order valence-corrected chi connectivity index (χ3v) is 6.97. The van der Waals surface area contributed by atoms with Crippen LogP contribution in [0.4, 0.5) is 13.2 Å². The summed E-state index contributed by atoms with van der Waals surface area (Å²) >= 11 is 0. The van der Waals surface area contributed by atoms with Gasteiger partial charge in [-0.15, -0.1) is 0 Å². The molecule has 1 aliphatic heterocycles. The van der Waals surface area contributed by atoms with Gasteiger partial charge in [-0.25, -0.2) is 18.0 Å². The van der Waals surface area contributed by atoms with Gasteiger partial charge in [-0.1, -0.05) is 30.3 Å². The molecule has 6 nitrogen and oxygen atoms in total. The number of piperidine rings is 1. The van der Waals surface area contributed by atoms with Crippen molar-refractivity contribution in [3.05, 3.63) is 101 Å². The third-order valence-electron chi connectivity index (χ3n) is 6.97. The van der Waals surface area contributed by atoms with E-state index in [0.717, 1.165) is 4.90 Å². The molecule has 2 atom stereocenters. The fourth-order valence-corrected chi connectivity index (χ4v) is 5.00. The standard InChI is InChI=1S/C30H31F3N2O4/c1-34(2)18-23-19-35(28(36)15-21-14-26(32)27(33)17-25(21)31)13-12-30(23,22-10-7-11-24(16-22)38-3)39-29(37)20-8-5-4-6-9-20/h4-11,14,16-17,23H,12-13,15,18-19H2,1-3H3/i1D3. The van der Waals surface area contributed by atoms with Gasteiger partial charge in [0.1, 0.15) is 17.2 Å². The molecule has 4 rings (SSSR count). The lowest BCUT2D eigenvalue weighted by molar-refractivity contribution is -0.142. The van der Waals surface area contributed by atoms with Gasteiger partial charge < -0.3 is 19.3 Å². The van der Waals surface area contributed by atoms with Crippen LogP contribution in [0.3, 0.4) is 0 Å². The number of carbonyl (C=O) groups excluding carboxylic acids is 2. The Morgan fingerprint density at radius 2 is 1.79 bits per heavy atom. The number of likely N-dealkylation sites (tertiary alicyclic amines) is 1. The van der Waals surface area contributed by atoms with Crippen LogP contribution in [-0.2, 0) is 21.6 Å². The molecule has 1 amide bonds. The topological polar surface area (TPSA) is 59.1 Å². The molecule has 3 aromatic carbocycles. The summed E-state index contributed by atoms with van der Waals surface area (Å²) in [5.41, 5.74) is -0.857. The molecule has 1 heterocycles. The monoisotopic (exact) mass is 543 g/mol. The maximum absolute atomic E-state index is 14.3. The fourth-order valence-electron chi connectivity index (χ4n) is 5.00. The summed E-state index contributed by atoms with van der Waals surface area (Å²) in [6.45, 7) is -2.62.